The minimum absolute atomic E-state index is 0.499. The molecule has 3 nitrogen and oxygen atoms in total. The molecule has 0 unspecified atom stereocenters. The molecule has 0 saturated carbocycles. The Morgan fingerprint density at radius 3 is 2.93 bits per heavy atom. The molecule has 0 aliphatic rings. The zero-order valence-electron chi connectivity index (χ0n) is 8.46. The van der Waals surface area contributed by atoms with E-state index in [1.807, 2.05) is 6.07 Å². The van der Waals surface area contributed by atoms with Crippen LogP contribution in [0.4, 0.5) is 0 Å². The minimum atomic E-state index is 0.499. The van der Waals surface area contributed by atoms with Crippen LogP contribution in [0.2, 0.25) is 0 Å². The molecule has 0 fully saturated rings. The molecule has 0 aliphatic heterocycles. The molecule has 0 amide bonds. The van der Waals surface area contributed by atoms with Crippen LogP contribution in [0.1, 0.15) is 13.8 Å². The van der Waals surface area contributed by atoms with Crippen LogP contribution in [0.15, 0.2) is 22.9 Å². The van der Waals surface area contributed by atoms with Gasteiger partial charge in [0.1, 0.15) is 12.4 Å². The van der Waals surface area contributed by atoms with E-state index in [2.05, 4.69) is 40.1 Å². The number of ether oxygens (including phenoxy) is 1. The quantitative estimate of drug-likeness (QED) is 0.823. The van der Waals surface area contributed by atoms with Crippen molar-refractivity contribution < 1.29 is 4.74 Å². The summed E-state index contributed by atoms with van der Waals surface area (Å²) in [5.74, 6) is 0.796. The molecule has 0 aliphatic carbocycles. The molecule has 0 radical (unpaired) electrons. The van der Waals surface area contributed by atoms with E-state index in [0.29, 0.717) is 12.6 Å². The fraction of sp³-hybridized carbons (Fsp3) is 0.500. The molecule has 1 aromatic heterocycles. The summed E-state index contributed by atoms with van der Waals surface area (Å²) in [5, 5.41) is 3.27. The number of hydrogen-bond acceptors (Lipinski definition) is 3. The molecule has 1 aromatic rings. The lowest BCUT2D eigenvalue weighted by Crippen LogP contribution is -2.27. The molecule has 1 N–H and O–H groups in total. The van der Waals surface area contributed by atoms with Crippen molar-refractivity contribution in [2.45, 2.75) is 19.9 Å². The Morgan fingerprint density at radius 2 is 2.29 bits per heavy atom. The van der Waals surface area contributed by atoms with Crippen molar-refractivity contribution >= 4 is 15.9 Å². The Balaban J connectivity index is 2.25. The first kappa shape index (κ1) is 11.5. The monoisotopic (exact) mass is 258 g/mol. The molecule has 1 heterocycles. The van der Waals surface area contributed by atoms with Gasteiger partial charge in [0.05, 0.1) is 6.20 Å². The van der Waals surface area contributed by atoms with Crippen LogP contribution in [-0.2, 0) is 0 Å². The van der Waals surface area contributed by atoms with E-state index in [1.165, 1.54) is 0 Å². The topological polar surface area (TPSA) is 34.1 Å². The molecular formula is C10H15BrN2O. The molecule has 14 heavy (non-hydrogen) atoms. The smallest absolute Gasteiger partial charge is 0.138 e. The molecule has 0 atom stereocenters. The van der Waals surface area contributed by atoms with Gasteiger partial charge in [0.2, 0.25) is 0 Å². The van der Waals surface area contributed by atoms with Crippen LogP contribution in [0.5, 0.6) is 5.75 Å². The van der Waals surface area contributed by atoms with Crippen molar-refractivity contribution in [3.8, 4) is 5.75 Å². The first-order chi connectivity index (χ1) is 6.68. The van der Waals surface area contributed by atoms with Gasteiger partial charge in [-0.05, 0) is 22.0 Å². The van der Waals surface area contributed by atoms with Gasteiger partial charge in [-0.3, -0.25) is 4.98 Å². The normalized spacial score (nSPS) is 10.6. The van der Waals surface area contributed by atoms with E-state index in [4.69, 9.17) is 4.74 Å². The molecule has 4 heteroatoms. The van der Waals surface area contributed by atoms with Gasteiger partial charge in [0, 0.05) is 23.3 Å². The van der Waals surface area contributed by atoms with Gasteiger partial charge in [-0.25, -0.2) is 0 Å². The number of halogens is 1. The van der Waals surface area contributed by atoms with Gasteiger partial charge in [-0.15, -0.1) is 0 Å². The second kappa shape index (κ2) is 5.98. The third-order valence-corrected chi connectivity index (χ3v) is 2.04. The predicted molar refractivity (Wildman–Crippen MR) is 60.6 cm³/mol. The minimum Gasteiger partial charge on any atom is -0.491 e. The highest BCUT2D eigenvalue weighted by Gasteiger charge is 1.96. The highest BCUT2D eigenvalue weighted by Crippen LogP contribution is 2.15. The molecule has 1 rings (SSSR count). The summed E-state index contributed by atoms with van der Waals surface area (Å²) in [4.78, 5) is 4.01. The van der Waals surface area contributed by atoms with Crippen molar-refractivity contribution in [2.75, 3.05) is 13.2 Å². The average molecular weight is 259 g/mol. The van der Waals surface area contributed by atoms with Crippen LogP contribution in [0.3, 0.4) is 0 Å². The number of nitrogens with one attached hydrogen (secondary N) is 1. The summed E-state index contributed by atoms with van der Waals surface area (Å²) in [6.45, 7) is 5.74. The van der Waals surface area contributed by atoms with Gasteiger partial charge in [0.25, 0.3) is 0 Å². The lowest BCUT2D eigenvalue weighted by Gasteiger charge is -2.09. The zero-order valence-corrected chi connectivity index (χ0v) is 10.0. The van der Waals surface area contributed by atoms with E-state index >= 15 is 0 Å². The summed E-state index contributed by atoms with van der Waals surface area (Å²) in [6.07, 6.45) is 3.44. The molecular weight excluding hydrogens is 244 g/mol. The second-order valence-electron chi connectivity index (χ2n) is 3.30. The van der Waals surface area contributed by atoms with E-state index < -0.39 is 0 Å². The molecule has 78 valence electrons. The predicted octanol–water partition coefficient (Wildman–Crippen LogP) is 2.22. The van der Waals surface area contributed by atoms with Gasteiger partial charge in [-0.2, -0.15) is 0 Å². The lowest BCUT2D eigenvalue weighted by atomic mass is 10.4. The second-order valence-corrected chi connectivity index (χ2v) is 4.21. The van der Waals surface area contributed by atoms with Crippen LogP contribution < -0.4 is 10.1 Å². The summed E-state index contributed by atoms with van der Waals surface area (Å²) >= 11 is 3.34. The molecule has 0 spiro atoms. The van der Waals surface area contributed by atoms with E-state index in [-0.39, 0.29) is 0 Å². The van der Waals surface area contributed by atoms with E-state index in [9.17, 15) is 0 Å². The van der Waals surface area contributed by atoms with Crippen LogP contribution in [-0.4, -0.2) is 24.2 Å². The number of rotatable bonds is 5. The SMILES string of the molecule is CC(C)NCCOc1cncc(Br)c1. The largest absolute Gasteiger partial charge is 0.491 e. The van der Waals surface area contributed by atoms with Crippen molar-refractivity contribution in [2.24, 2.45) is 0 Å². The summed E-state index contributed by atoms with van der Waals surface area (Å²) in [5.41, 5.74) is 0. The van der Waals surface area contributed by atoms with E-state index in [0.717, 1.165) is 16.8 Å². The van der Waals surface area contributed by atoms with Crippen molar-refractivity contribution in [3.63, 3.8) is 0 Å². The number of pyridine rings is 1. The third-order valence-electron chi connectivity index (χ3n) is 1.60. The Labute approximate surface area is 93.0 Å². The maximum Gasteiger partial charge on any atom is 0.138 e. The summed E-state index contributed by atoms with van der Waals surface area (Å²) in [7, 11) is 0. The standard InChI is InChI=1S/C10H15BrN2O/c1-8(2)13-3-4-14-10-5-9(11)6-12-7-10/h5-8,13H,3-4H2,1-2H3. The Hall–Kier alpha value is -0.610. The molecule has 0 aromatic carbocycles. The van der Waals surface area contributed by atoms with E-state index in [1.54, 1.807) is 12.4 Å². The molecule has 0 saturated heterocycles. The Bertz CT molecular complexity index is 279. The average Bonchev–Trinajstić information content (AvgIpc) is 2.12. The summed E-state index contributed by atoms with van der Waals surface area (Å²) < 4.78 is 6.42. The number of nitrogens with zero attached hydrogens (tertiary/aromatic N) is 1. The van der Waals surface area contributed by atoms with Crippen LogP contribution in [0.25, 0.3) is 0 Å². The maximum absolute atomic E-state index is 5.48. The van der Waals surface area contributed by atoms with Gasteiger partial charge < -0.3 is 10.1 Å². The van der Waals surface area contributed by atoms with Gasteiger partial charge >= 0.3 is 0 Å². The van der Waals surface area contributed by atoms with Crippen LogP contribution in [0, 0.1) is 0 Å². The number of aromatic nitrogens is 1. The highest BCUT2D eigenvalue weighted by atomic mass is 79.9. The molecule has 0 bridgehead atoms. The zero-order chi connectivity index (χ0) is 10.4. The highest BCUT2D eigenvalue weighted by molar-refractivity contribution is 9.10. The van der Waals surface area contributed by atoms with Crippen molar-refractivity contribution in [3.05, 3.63) is 22.9 Å². The first-order valence-corrected chi connectivity index (χ1v) is 5.44. The Morgan fingerprint density at radius 1 is 1.50 bits per heavy atom. The van der Waals surface area contributed by atoms with Gasteiger partial charge in [0.15, 0.2) is 0 Å². The maximum atomic E-state index is 5.48. The Kier molecular flexibility index (Phi) is 4.90. The first-order valence-electron chi connectivity index (χ1n) is 4.65. The summed E-state index contributed by atoms with van der Waals surface area (Å²) in [6, 6.07) is 2.40. The fourth-order valence-electron chi connectivity index (χ4n) is 0.988. The third kappa shape index (κ3) is 4.58. The van der Waals surface area contributed by atoms with Crippen LogP contribution >= 0.6 is 15.9 Å². The number of hydrogen-bond donors (Lipinski definition) is 1. The van der Waals surface area contributed by atoms with Gasteiger partial charge in [-0.1, -0.05) is 13.8 Å². The fourth-order valence-corrected chi connectivity index (χ4v) is 1.33. The van der Waals surface area contributed by atoms with Crippen molar-refractivity contribution in [1.29, 1.82) is 0 Å². The van der Waals surface area contributed by atoms with Crippen molar-refractivity contribution in [1.82, 2.24) is 10.3 Å². The lowest BCUT2D eigenvalue weighted by molar-refractivity contribution is 0.307.